The van der Waals surface area contributed by atoms with Gasteiger partial charge in [0.2, 0.25) is 0 Å². The average molecular weight is 389 g/mol. The first-order valence-corrected chi connectivity index (χ1v) is 7.33. The van der Waals surface area contributed by atoms with E-state index in [-0.39, 0.29) is 12.1 Å². The molecule has 1 aliphatic rings. The SMILES string of the molecule is COC(=O)N1CCN(C(=O)Nc2ccccc2I)CC1. The summed E-state index contributed by atoms with van der Waals surface area (Å²) in [5.41, 5.74) is 0.800. The van der Waals surface area contributed by atoms with E-state index in [0.29, 0.717) is 26.2 Å². The van der Waals surface area contributed by atoms with Crippen LogP contribution >= 0.6 is 22.6 Å². The van der Waals surface area contributed by atoms with Crippen LogP contribution in [-0.2, 0) is 4.74 Å². The Morgan fingerprint density at radius 3 is 2.35 bits per heavy atom. The number of urea groups is 1. The molecule has 1 aliphatic heterocycles. The second-order valence-corrected chi connectivity index (χ2v) is 5.52. The third-order valence-electron chi connectivity index (χ3n) is 3.12. The van der Waals surface area contributed by atoms with Gasteiger partial charge in [-0.05, 0) is 34.7 Å². The van der Waals surface area contributed by atoms with Crippen LogP contribution < -0.4 is 5.32 Å². The molecule has 1 N–H and O–H groups in total. The molecule has 20 heavy (non-hydrogen) atoms. The predicted octanol–water partition coefficient (Wildman–Crippen LogP) is 2.21. The first-order valence-electron chi connectivity index (χ1n) is 6.25. The number of anilines is 1. The number of rotatable bonds is 1. The molecule has 1 aromatic carbocycles. The summed E-state index contributed by atoms with van der Waals surface area (Å²) in [4.78, 5) is 26.8. The van der Waals surface area contributed by atoms with Crippen molar-refractivity contribution in [1.29, 1.82) is 0 Å². The molecule has 108 valence electrons. The number of amides is 3. The van der Waals surface area contributed by atoms with Crippen molar-refractivity contribution < 1.29 is 14.3 Å². The Balaban J connectivity index is 1.89. The van der Waals surface area contributed by atoms with Crippen LogP contribution in [0.25, 0.3) is 0 Å². The van der Waals surface area contributed by atoms with Crippen LogP contribution in [0.15, 0.2) is 24.3 Å². The van der Waals surface area contributed by atoms with Gasteiger partial charge in [0.05, 0.1) is 12.8 Å². The number of piperazine rings is 1. The summed E-state index contributed by atoms with van der Waals surface area (Å²) in [5.74, 6) is 0. The molecule has 0 spiro atoms. The zero-order chi connectivity index (χ0) is 14.5. The Morgan fingerprint density at radius 2 is 1.75 bits per heavy atom. The lowest BCUT2D eigenvalue weighted by Gasteiger charge is -2.33. The topological polar surface area (TPSA) is 61.9 Å². The van der Waals surface area contributed by atoms with E-state index in [0.717, 1.165) is 9.26 Å². The van der Waals surface area contributed by atoms with Crippen LogP contribution in [0.2, 0.25) is 0 Å². The molecule has 0 aliphatic carbocycles. The maximum atomic E-state index is 12.1. The van der Waals surface area contributed by atoms with Gasteiger partial charge in [0, 0.05) is 29.7 Å². The van der Waals surface area contributed by atoms with Crippen LogP contribution in [0.4, 0.5) is 15.3 Å². The maximum Gasteiger partial charge on any atom is 0.409 e. The summed E-state index contributed by atoms with van der Waals surface area (Å²) in [6.07, 6.45) is -0.345. The molecule has 0 atom stereocenters. The van der Waals surface area contributed by atoms with Crippen LogP contribution in [0, 0.1) is 3.57 Å². The molecule has 2 rings (SSSR count). The third-order valence-corrected chi connectivity index (χ3v) is 4.06. The standard InChI is InChI=1S/C13H16IN3O3/c1-20-13(19)17-8-6-16(7-9-17)12(18)15-11-5-3-2-4-10(11)14/h2-5H,6-9H2,1H3,(H,15,18). The Bertz CT molecular complexity index is 501. The van der Waals surface area contributed by atoms with Crippen molar-refractivity contribution in [3.8, 4) is 0 Å². The highest BCUT2D eigenvalue weighted by Gasteiger charge is 2.24. The lowest BCUT2D eigenvalue weighted by molar-refractivity contribution is 0.0992. The summed E-state index contributed by atoms with van der Waals surface area (Å²) < 4.78 is 5.66. The Kier molecular flexibility index (Phi) is 5.05. The molecule has 0 unspecified atom stereocenters. The highest BCUT2D eigenvalue weighted by atomic mass is 127. The molecule has 0 radical (unpaired) electrons. The third kappa shape index (κ3) is 3.53. The van der Waals surface area contributed by atoms with E-state index in [1.807, 2.05) is 24.3 Å². The van der Waals surface area contributed by atoms with Crippen molar-refractivity contribution in [2.24, 2.45) is 0 Å². The number of nitrogens with one attached hydrogen (secondary N) is 1. The number of benzene rings is 1. The molecule has 1 fully saturated rings. The average Bonchev–Trinajstić information content (AvgIpc) is 2.49. The van der Waals surface area contributed by atoms with Gasteiger partial charge in [0.1, 0.15) is 0 Å². The minimum absolute atomic E-state index is 0.140. The van der Waals surface area contributed by atoms with Gasteiger partial charge in [-0.3, -0.25) is 0 Å². The largest absolute Gasteiger partial charge is 0.453 e. The molecule has 1 heterocycles. The number of halogens is 1. The normalized spacial score (nSPS) is 14.9. The van der Waals surface area contributed by atoms with Gasteiger partial charge in [-0.25, -0.2) is 9.59 Å². The quantitative estimate of drug-likeness (QED) is 0.750. The monoisotopic (exact) mass is 389 g/mol. The molecule has 3 amide bonds. The Hall–Kier alpha value is -1.51. The summed E-state index contributed by atoms with van der Waals surface area (Å²) in [6.45, 7) is 1.99. The summed E-state index contributed by atoms with van der Waals surface area (Å²) >= 11 is 2.18. The van der Waals surface area contributed by atoms with Crippen LogP contribution in [0.1, 0.15) is 0 Å². The minimum Gasteiger partial charge on any atom is -0.453 e. The number of hydrogen-bond acceptors (Lipinski definition) is 3. The second kappa shape index (κ2) is 6.78. The number of hydrogen-bond donors (Lipinski definition) is 1. The lowest BCUT2D eigenvalue weighted by Crippen LogP contribution is -2.51. The van der Waals surface area contributed by atoms with E-state index in [1.54, 1.807) is 9.80 Å². The maximum absolute atomic E-state index is 12.1. The van der Waals surface area contributed by atoms with Gasteiger partial charge in [0.15, 0.2) is 0 Å². The number of para-hydroxylation sites is 1. The molecular formula is C13H16IN3O3. The van der Waals surface area contributed by atoms with E-state index in [2.05, 4.69) is 32.6 Å². The Morgan fingerprint density at radius 1 is 1.15 bits per heavy atom. The number of ether oxygens (including phenoxy) is 1. The van der Waals surface area contributed by atoms with Crippen LogP contribution in [0.3, 0.4) is 0 Å². The highest BCUT2D eigenvalue weighted by molar-refractivity contribution is 14.1. The van der Waals surface area contributed by atoms with Crippen molar-refractivity contribution in [3.63, 3.8) is 0 Å². The van der Waals surface area contributed by atoms with Gasteiger partial charge < -0.3 is 19.9 Å². The molecular weight excluding hydrogens is 373 g/mol. The molecule has 6 nitrogen and oxygen atoms in total. The number of methoxy groups -OCH3 is 1. The van der Waals surface area contributed by atoms with Gasteiger partial charge >= 0.3 is 12.1 Å². The lowest BCUT2D eigenvalue weighted by atomic mass is 10.3. The number of nitrogens with zero attached hydrogens (tertiary/aromatic N) is 2. The van der Waals surface area contributed by atoms with E-state index < -0.39 is 0 Å². The van der Waals surface area contributed by atoms with E-state index >= 15 is 0 Å². The van der Waals surface area contributed by atoms with Gasteiger partial charge in [-0.1, -0.05) is 12.1 Å². The summed E-state index contributed by atoms with van der Waals surface area (Å²) in [7, 11) is 1.36. The fraction of sp³-hybridized carbons (Fsp3) is 0.385. The first kappa shape index (κ1) is 14.9. The summed E-state index contributed by atoms with van der Waals surface area (Å²) in [5, 5.41) is 2.88. The highest BCUT2D eigenvalue weighted by Crippen LogP contribution is 2.17. The van der Waals surface area contributed by atoms with Crippen LogP contribution in [0.5, 0.6) is 0 Å². The molecule has 0 saturated carbocycles. The zero-order valence-corrected chi connectivity index (χ0v) is 13.3. The van der Waals surface area contributed by atoms with E-state index in [4.69, 9.17) is 0 Å². The number of carbonyl (C=O) groups excluding carboxylic acids is 2. The minimum atomic E-state index is -0.345. The van der Waals surface area contributed by atoms with Crippen LogP contribution in [-0.4, -0.2) is 55.2 Å². The van der Waals surface area contributed by atoms with Gasteiger partial charge in [0.25, 0.3) is 0 Å². The van der Waals surface area contributed by atoms with Crippen molar-refractivity contribution in [3.05, 3.63) is 27.8 Å². The molecule has 7 heteroatoms. The van der Waals surface area contributed by atoms with Crippen molar-refractivity contribution in [1.82, 2.24) is 9.80 Å². The first-order chi connectivity index (χ1) is 9.61. The number of carbonyl (C=O) groups is 2. The predicted molar refractivity (Wildman–Crippen MR) is 83.7 cm³/mol. The molecule has 1 aromatic rings. The van der Waals surface area contributed by atoms with Crippen molar-refractivity contribution >= 4 is 40.4 Å². The molecule has 0 bridgehead atoms. The molecule has 0 aromatic heterocycles. The van der Waals surface area contributed by atoms with E-state index in [1.165, 1.54) is 7.11 Å². The molecule has 1 saturated heterocycles. The fourth-order valence-electron chi connectivity index (χ4n) is 1.98. The van der Waals surface area contributed by atoms with Crippen molar-refractivity contribution in [2.45, 2.75) is 0 Å². The second-order valence-electron chi connectivity index (χ2n) is 4.35. The van der Waals surface area contributed by atoms with Gasteiger partial charge in [-0.2, -0.15) is 0 Å². The fourth-order valence-corrected chi connectivity index (χ4v) is 2.50. The van der Waals surface area contributed by atoms with Crippen molar-refractivity contribution in [2.75, 3.05) is 38.6 Å². The van der Waals surface area contributed by atoms with E-state index in [9.17, 15) is 9.59 Å². The summed E-state index contributed by atoms with van der Waals surface area (Å²) in [6, 6.07) is 7.47. The smallest absolute Gasteiger partial charge is 0.409 e. The zero-order valence-electron chi connectivity index (χ0n) is 11.1. The Labute approximate surface area is 131 Å². The van der Waals surface area contributed by atoms with Gasteiger partial charge in [-0.15, -0.1) is 0 Å².